The molecule has 1 atom stereocenters. The summed E-state index contributed by atoms with van der Waals surface area (Å²) >= 11 is 0. The summed E-state index contributed by atoms with van der Waals surface area (Å²) in [5.41, 5.74) is 2.19. The minimum Gasteiger partial charge on any atom is -0.480 e. The average molecular weight is 293 g/mol. The fourth-order valence-electron chi connectivity index (χ4n) is 3.14. The minimum atomic E-state index is -0.696. The predicted molar refractivity (Wildman–Crippen MR) is 82.2 cm³/mol. The van der Waals surface area contributed by atoms with Crippen molar-refractivity contribution >= 4 is 5.97 Å². The fraction of sp³-hybridized carbons (Fsp3) is 0.750. The lowest BCUT2D eigenvalue weighted by Gasteiger charge is -2.27. The molecule has 1 N–H and O–H groups in total. The lowest BCUT2D eigenvalue weighted by atomic mass is 9.89. The molecular weight excluding hydrogens is 266 g/mol. The van der Waals surface area contributed by atoms with Gasteiger partial charge in [-0.25, -0.2) is 0 Å². The van der Waals surface area contributed by atoms with Crippen LogP contribution in [0.15, 0.2) is 6.20 Å². The third kappa shape index (κ3) is 3.84. The number of hydrogen-bond acceptors (Lipinski definition) is 3. The van der Waals surface area contributed by atoms with Crippen molar-refractivity contribution in [3.05, 3.63) is 17.5 Å². The van der Waals surface area contributed by atoms with Crippen LogP contribution in [0.4, 0.5) is 0 Å². The molecule has 1 saturated heterocycles. The first-order valence-electron chi connectivity index (χ1n) is 7.79. The molecule has 0 bridgehead atoms. The standard InChI is InChI=1S/C16H27N3O2/c1-16(2,3)14-12(10-18(4)17-14)11-19-9-7-5-6-8-13(19)15(20)21/h10,13H,5-9,11H2,1-4H3,(H,20,21). The quantitative estimate of drug-likeness (QED) is 0.930. The molecule has 1 aromatic heterocycles. The number of aromatic nitrogens is 2. The number of rotatable bonds is 3. The van der Waals surface area contributed by atoms with Crippen molar-refractivity contribution in [3.8, 4) is 0 Å². The highest BCUT2D eigenvalue weighted by Gasteiger charge is 2.29. The Morgan fingerprint density at radius 3 is 2.71 bits per heavy atom. The second kappa shape index (κ2) is 6.18. The Labute approximate surface area is 126 Å². The molecule has 5 heteroatoms. The lowest BCUT2D eigenvalue weighted by molar-refractivity contribution is -0.143. The average Bonchev–Trinajstić information content (AvgIpc) is 2.58. The Balaban J connectivity index is 2.24. The van der Waals surface area contributed by atoms with Crippen molar-refractivity contribution in [1.82, 2.24) is 14.7 Å². The van der Waals surface area contributed by atoms with Crippen LogP contribution < -0.4 is 0 Å². The Hall–Kier alpha value is -1.36. The number of aryl methyl sites for hydroxylation is 1. The molecule has 5 nitrogen and oxygen atoms in total. The maximum Gasteiger partial charge on any atom is 0.320 e. The molecule has 0 spiro atoms. The molecule has 2 rings (SSSR count). The van der Waals surface area contributed by atoms with Gasteiger partial charge in [0.15, 0.2) is 0 Å². The number of aliphatic carboxylic acids is 1. The van der Waals surface area contributed by atoms with Crippen LogP contribution in [-0.4, -0.2) is 38.3 Å². The molecule has 21 heavy (non-hydrogen) atoms. The summed E-state index contributed by atoms with van der Waals surface area (Å²) in [6.07, 6.45) is 5.99. The molecule has 1 fully saturated rings. The predicted octanol–water partition coefficient (Wildman–Crippen LogP) is 2.55. The Bertz CT molecular complexity index is 502. The van der Waals surface area contributed by atoms with E-state index in [9.17, 15) is 9.90 Å². The van der Waals surface area contributed by atoms with Gasteiger partial charge in [0.05, 0.1) is 5.69 Å². The van der Waals surface area contributed by atoms with Crippen LogP contribution in [-0.2, 0) is 23.8 Å². The fourth-order valence-corrected chi connectivity index (χ4v) is 3.14. The SMILES string of the molecule is Cn1cc(CN2CCCCCC2C(=O)O)c(C(C)(C)C)n1. The van der Waals surface area contributed by atoms with Gasteiger partial charge in [0.25, 0.3) is 0 Å². The first-order valence-corrected chi connectivity index (χ1v) is 7.79. The van der Waals surface area contributed by atoms with E-state index < -0.39 is 5.97 Å². The molecule has 0 saturated carbocycles. The summed E-state index contributed by atoms with van der Waals surface area (Å²) in [6, 6.07) is -0.361. The van der Waals surface area contributed by atoms with E-state index in [1.807, 2.05) is 17.9 Å². The normalized spacial score (nSPS) is 21.2. The van der Waals surface area contributed by atoms with Crippen LogP contribution in [0, 0.1) is 0 Å². The van der Waals surface area contributed by atoms with Crippen LogP contribution in [0.2, 0.25) is 0 Å². The molecule has 0 aromatic carbocycles. The van der Waals surface area contributed by atoms with Gasteiger partial charge in [-0.3, -0.25) is 14.4 Å². The molecule has 1 aromatic rings. The summed E-state index contributed by atoms with van der Waals surface area (Å²) in [5, 5.41) is 14.1. The van der Waals surface area contributed by atoms with E-state index >= 15 is 0 Å². The first-order chi connectivity index (χ1) is 9.79. The molecule has 0 aliphatic carbocycles. The van der Waals surface area contributed by atoms with E-state index in [0.29, 0.717) is 6.54 Å². The number of nitrogens with zero attached hydrogens (tertiary/aromatic N) is 3. The van der Waals surface area contributed by atoms with Gasteiger partial charge < -0.3 is 5.11 Å². The molecule has 0 radical (unpaired) electrons. The topological polar surface area (TPSA) is 58.4 Å². The Kier molecular flexibility index (Phi) is 4.71. The highest BCUT2D eigenvalue weighted by Crippen LogP contribution is 2.27. The number of carboxylic acids is 1. The number of hydrogen-bond donors (Lipinski definition) is 1. The molecule has 1 aliphatic heterocycles. The van der Waals surface area contributed by atoms with Crippen molar-refractivity contribution in [2.75, 3.05) is 6.54 Å². The highest BCUT2D eigenvalue weighted by molar-refractivity contribution is 5.73. The smallest absolute Gasteiger partial charge is 0.320 e. The van der Waals surface area contributed by atoms with Crippen molar-refractivity contribution < 1.29 is 9.90 Å². The van der Waals surface area contributed by atoms with Gasteiger partial charge in [0, 0.05) is 30.8 Å². The van der Waals surface area contributed by atoms with Crippen LogP contribution in [0.5, 0.6) is 0 Å². The highest BCUT2D eigenvalue weighted by atomic mass is 16.4. The van der Waals surface area contributed by atoms with Crippen molar-refractivity contribution in [3.63, 3.8) is 0 Å². The van der Waals surface area contributed by atoms with E-state index in [-0.39, 0.29) is 11.5 Å². The molecule has 1 aliphatic rings. The molecule has 2 heterocycles. The van der Waals surface area contributed by atoms with E-state index in [4.69, 9.17) is 0 Å². The number of carbonyl (C=O) groups is 1. The Morgan fingerprint density at radius 1 is 1.38 bits per heavy atom. The van der Waals surface area contributed by atoms with Crippen molar-refractivity contribution in [2.24, 2.45) is 7.05 Å². The van der Waals surface area contributed by atoms with Gasteiger partial charge in [-0.05, 0) is 19.4 Å². The summed E-state index contributed by atoms with van der Waals surface area (Å²) in [6.45, 7) is 7.98. The van der Waals surface area contributed by atoms with E-state index in [0.717, 1.165) is 43.5 Å². The zero-order chi connectivity index (χ0) is 15.6. The number of likely N-dealkylation sites (tertiary alicyclic amines) is 1. The lowest BCUT2D eigenvalue weighted by Crippen LogP contribution is -2.40. The molecule has 118 valence electrons. The summed E-state index contributed by atoms with van der Waals surface area (Å²) < 4.78 is 1.84. The largest absolute Gasteiger partial charge is 0.480 e. The molecular formula is C16H27N3O2. The van der Waals surface area contributed by atoms with Crippen LogP contribution in [0.3, 0.4) is 0 Å². The van der Waals surface area contributed by atoms with E-state index in [1.54, 1.807) is 0 Å². The van der Waals surface area contributed by atoms with E-state index in [2.05, 4.69) is 30.8 Å². The maximum absolute atomic E-state index is 11.5. The van der Waals surface area contributed by atoms with Gasteiger partial charge in [0.2, 0.25) is 0 Å². The van der Waals surface area contributed by atoms with Gasteiger partial charge in [-0.15, -0.1) is 0 Å². The van der Waals surface area contributed by atoms with Crippen molar-refractivity contribution in [1.29, 1.82) is 0 Å². The second-order valence-corrected chi connectivity index (χ2v) is 7.10. The second-order valence-electron chi connectivity index (χ2n) is 7.10. The van der Waals surface area contributed by atoms with Gasteiger partial charge in [-0.1, -0.05) is 33.6 Å². The van der Waals surface area contributed by atoms with Gasteiger partial charge >= 0.3 is 5.97 Å². The first kappa shape index (κ1) is 16.0. The molecule has 0 amide bonds. The minimum absolute atomic E-state index is 0.0266. The Morgan fingerprint density at radius 2 is 2.10 bits per heavy atom. The van der Waals surface area contributed by atoms with Crippen LogP contribution in [0.25, 0.3) is 0 Å². The van der Waals surface area contributed by atoms with E-state index in [1.165, 1.54) is 0 Å². The van der Waals surface area contributed by atoms with Gasteiger partial charge in [-0.2, -0.15) is 5.10 Å². The third-order valence-corrected chi connectivity index (χ3v) is 4.14. The van der Waals surface area contributed by atoms with Crippen LogP contribution >= 0.6 is 0 Å². The van der Waals surface area contributed by atoms with Crippen molar-refractivity contribution in [2.45, 2.75) is 64.5 Å². The third-order valence-electron chi connectivity index (χ3n) is 4.14. The summed E-state index contributed by atoms with van der Waals surface area (Å²) in [5.74, 6) is -0.696. The zero-order valence-corrected chi connectivity index (χ0v) is 13.6. The molecule has 1 unspecified atom stereocenters. The van der Waals surface area contributed by atoms with Gasteiger partial charge in [0.1, 0.15) is 6.04 Å². The zero-order valence-electron chi connectivity index (χ0n) is 13.6. The maximum atomic E-state index is 11.5. The van der Waals surface area contributed by atoms with Crippen LogP contribution in [0.1, 0.15) is 57.7 Å². The monoisotopic (exact) mass is 293 g/mol. The summed E-state index contributed by atoms with van der Waals surface area (Å²) in [7, 11) is 1.93. The number of carboxylic acid groups (broad SMARTS) is 1. The summed E-state index contributed by atoms with van der Waals surface area (Å²) in [4.78, 5) is 13.6.